The fourth-order valence-corrected chi connectivity index (χ4v) is 1.99. The SMILES string of the molecule is CCCCOc1cc(C(F)(F)F)nn1-c1nccc(SC)n1. The maximum Gasteiger partial charge on any atom is 0.435 e. The molecule has 0 bridgehead atoms. The Kier molecular flexibility index (Phi) is 5.28. The Labute approximate surface area is 129 Å². The van der Waals surface area contributed by atoms with E-state index in [1.165, 1.54) is 18.0 Å². The minimum atomic E-state index is -4.55. The Morgan fingerprint density at radius 1 is 1.36 bits per heavy atom. The molecule has 0 aliphatic heterocycles. The first-order valence-electron chi connectivity index (χ1n) is 6.63. The van der Waals surface area contributed by atoms with Gasteiger partial charge in [0.05, 0.1) is 6.61 Å². The minimum Gasteiger partial charge on any atom is -0.478 e. The zero-order valence-electron chi connectivity index (χ0n) is 12.1. The van der Waals surface area contributed by atoms with Crippen LogP contribution in [0.1, 0.15) is 25.5 Å². The van der Waals surface area contributed by atoms with Gasteiger partial charge in [-0.25, -0.2) is 9.97 Å². The molecule has 0 unspecified atom stereocenters. The van der Waals surface area contributed by atoms with Crippen LogP contribution in [0, 0.1) is 0 Å². The third kappa shape index (κ3) is 3.90. The molecule has 22 heavy (non-hydrogen) atoms. The molecule has 0 amide bonds. The largest absolute Gasteiger partial charge is 0.478 e. The van der Waals surface area contributed by atoms with Crippen LogP contribution in [-0.4, -0.2) is 32.6 Å². The highest BCUT2D eigenvalue weighted by Crippen LogP contribution is 2.31. The lowest BCUT2D eigenvalue weighted by Gasteiger charge is -2.07. The fraction of sp³-hybridized carbons (Fsp3) is 0.462. The van der Waals surface area contributed by atoms with E-state index in [1.54, 1.807) is 6.07 Å². The van der Waals surface area contributed by atoms with Crippen molar-refractivity contribution in [1.82, 2.24) is 19.7 Å². The molecule has 0 aliphatic carbocycles. The highest BCUT2D eigenvalue weighted by molar-refractivity contribution is 7.98. The van der Waals surface area contributed by atoms with E-state index in [0.29, 0.717) is 11.6 Å². The Balaban J connectivity index is 2.40. The van der Waals surface area contributed by atoms with Crippen LogP contribution in [-0.2, 0) is 6.18 Å². The average molecular weight is 332 g/mol. The number of hydrogen-bond acceptors (Lipinski definition) is 5. The summed E-state index contributed by atoms with van der Waals surface area (Å²) in [6.45, 7) is 2.27. The van der Waals surface area contributed by atoms with Crippen molar-refractivity contribution in [2.24, 2.45) is 0 Å². The second kappa shape index (κ2) is 6.99. The van der Waals surface area contributed by atoms with Gasteiger partial charge in [0.2, 0.25) is 5.88 Å². The van der Waals surface area contributed by atoms with E-state index in [0.717, 1.165) is 23.6 Å². The van der Waals surface area contributed by atoms with E-state index in [1.807, 2.05) is 13.2 Å². The van der Waals surface area contributed by atoms with Crippen molar-refractivity contribution in [3.63, 3.8) is 0 Å². The first-order chi connectivity index (χ1) is 10.5. The second-order valence-corrected chi connectivity index (χ2v) is 5.20. The summed E-state index contributed by atoms with van der Waals surface area (Å²) in [4.78, 5) is 8.12. The van der Waals surface area contributed by atoms with Crippen LogP contribution in [0.3, 0.4) is 0 Å². The third-order valence-corrected chi connectivity index (χ3v) is 3.38. The molecule has 2 heterocycles. The number of rotatable bonds is 6. The number of aromatic nitrogens is 4. The van der Waals surface area contributed by atoms with Crippen molar-refractivity contribution in [3.05, 3.63) is 24.0 Å². The van der Waals surface area contributed by atoms with Crippen molar-refractivity contribution in [1.29, 1.82) is 0 Å². The summed E-state index contributed by atoms with van der Waals surface area (Å²) >= 11 is 1.36. The predicted molar refractivity (Wildman–Crippen MR) is 76.3 cm³/mol. The first kappa shape index (κ1) is 16.6. The summed E-state index contributed by atoms with van der Waals surface area (Å²) in [5, 5.41) is 4.17. The van der Waals surface area contributed by atoms with Crippen LogP contribution in [0.2, 0.25) is 0 Å². The van der Waals surface area contributed by atoms with Crippen molar-refractivity contribution in [2.75, 3.05) is 12.9 Å². The number of alkyl halides is 3. The smallest absolute Gasteiger partial charge is 0.435 e. The molecule has 0 aromatic carbocycles. The van der Waals surface area contributed by atoms with Crippen LogP contribution < -0.4 is 4.74 Å². The van der Waals surface area contributed by atoms with E-state index in [-0.39, 0.29) is 11.8 Å². The lowest BCUT2D eigenvalue weighted by Crippen LogP contribution is -2.10. The van der Waals surface area contributed by atoms with Gasteiger partial charge < -0.3 is 4.74 Å². The molecular weight excluding hydrogens is 317 g/mol. The van der Waals surface area contributed by atoms with Gasteiger partial charge in [-0.15, -0.1) is 11.8 Å². The van der Waals surface area contributed by atoms with Gasteiger partial charge in [0.15, 0.2) is 5.69 Å². The normalized spacial score (nSPS) is 11.7. The molecule has 0 saturated carbocycles. The Bertz CT molecular complexity index is 630. The van der Waals surface area contributed by atoms with Gasteiger partial charge in [-0.1, -0.05) is 13.3 Å². The molecule has 2 aromatic heterocycles. The zero-order valence-corrected chi connectivity index (χ0v) is 12.9. The summed E-state index contributed by atoms with van der Waals surface area (Å²) in [6.07, 6.45) is 0.343. The number of hydrogen-bond donors (Lipinski definition) is 0. The molecule has 0 N–H and O–H groups in total. The van der Waals surface area contributed by atoms with E-state index in [2.05, 4.69) is 15.1 Å². The molecule has 120 valence electrons. The molecular formula is C13H15F3N4OS. The summed E-state index contributed by atoms with van der Waals surface area (Å²) in [5.41, 5.74) is -1.03. The monoisotopic (exact) mass is 332 g/mol. The third-order valence-electron chi connectivity index (χ3n) is 2.73. The van der Waals surface area contributed by atoms with Gasteiger partial charge in [0.25, 0.3) is 5.95 Å². The zero-order chi connectivity index (χ0) is 16.2. The molecule has 0 spiro atoms. The Hall–Kier alpha value is -1.77. The van der Waals surface area contributed by atoms with E-state index in [9.17, 15) is 13.2 Å². The predicted octanol–water partition coefficient (Wildman–Crippen LogP) is 3.58. The number of unbranched alkanes of at least 4 members (excludes halogenated alkanes) is 1. The topological polar surface area (TPSA) is 52.8 Å². The maximum atomic E-state index is 12.9. The number of halogens is 3. The van der Waals surface area contributed by atoms with Crippen LogP contribution in [0.15, 0.2) is 23.4 Å². The highest BCUT2D eigenvalue weighted by atomic mass is 32.2. The van der Waals surface area contributed by atoms with Crippen molar-refractivity contribution in [2.45, 2.75) is 31.0 Å². The average Bonchev–Trinajstić information content (AvgIpc) is 2.92. The van der Waals surface area contributed by atoms with Gasteiger partial charge in [0, 0.05) is 12.3 Å². The van der Waals surface area contributed by atoms with Crippen LogP contribution in [0.4, 0.5) is 13.2 Å². The van der Waals surface area contributed by atoms with Gasteiger partial charge in [0.1, 0.15) is 5.03 Å². The molecule has 2 aromatic rings. The lowest BCUT2D eigenvalue weighted by atomic mass is 10.4. The van der Waals surface area contributed by atoms with E-state index in [4.69, 9.17) is 4.74 Å². The lowest BCUT2D eigenvalue weighted by molar-refractivity contribution is -0.141. The van der Waals surface area contributed by atoms with Crippen LogP contribution >= 0.6 is 11.8 Å². The first-order valence-corrected chi connectivity index (χ1v) is 7.85. The molecule has 0 atom stereocenters. The summed E-state index contributed by atoms with van der Waals surface area (Å²) < 4.78 is 44.9. The maximum absolute atomic E-state index is 12.9. The Morgan fingerprint density at radius 3 is 2.77 bits per heavy atom. The van der Waals surface area contributed by atoms with Crippen LogP contribution in [0.25, 0.3) is 5.95 Å². The molecule has 0 radical (unpaired) electrons. The van der Waals surface area contributed by atoms with Gasteiger partial charge in [-0.2, -0.15) is 23.0 Å². The standard InChI is InChI=1S/C13H15F3N4OS/c1-3-4-7-21-11-8-9(13(14,15)16)19-20(11)12-17-6-5-10(18-12)22-2/h5-6,8H,3-4,7H2,1-2H3. The highest BCUT2D eigenvalue weighted by Gasteiger charge is 2.36. The van der Waals surface area contributed by atoms with Crippen molar-refractivity contribution < 1.29 is 17.9 Å². The molecule has 0 fully saturated rings. The van der Waals surface area contributed by atoms with Crippen LogP contribution in [0.5, 0.6) is 5.88 Å². The fourth-order valence-electron chi connectivity index (χ4n) is 1.62. The summed E-state index contributed by atoms with van der Waals surface area (Å²) in [5.74, 6) is 0.0351. The van der Waals surface area contributed by atoms with Crippen molar-refractivity contribution >= 4 is 11.8 Å². The molecule has 2 rings (SSSR count). The number of thioether (sulfide) groups is 1. The number of nitrogens with zero attached hydrogens (tertiary/aromatic N) is 4. The quantitative estimate of drug-likeness (QED) is 0.460. The molecule has 9 heteroatoms. The molecule has 0 aliphatic rings. The van der Waals surface area contributed by atoms with Gasteiger partial charge in [-0.3, -0.25) is 0 Å². The van der Waals surface area contributed by atoms with Gasteiger partial charge in [-0.05, 0) is 18.7 Å². The molecule has 5 nitrogen and oxygen atoms in total. The second-order valence-electron chi connectivity index (χ2n) is 4.38. The number of ether oxygens (including phenoxy) is 1. The molecule has 0 saturated heterocycles. The van der Waals surface area contributed by atoms with E-state index < -0.39 is 11.9 Å². The summed E-state index contributed by atoms with van der Waals surface area (Å²) in [6, 6.07) is 2.53. The van der Waals surface area contributed by atoms with E-state index >= 15 is 0 Å². The minimum absolute atomic E-state index is 0.0148. The van der Waals surface area contributed by atoms with Gasteiger partial charge >= 0.3 is 6.18 Å². The Morgan fingerprint density at radius 2 is 2.14 bits per heavy atom. The van der Waals surface area contributed by atoms with Crippen molar-refractivity contribution in [3.8, 4) is 11.8 Å². The summed E-state index contributed by atoms with van der Waals surface area (Å²) in [7, 11) is 0.